The molecule has 32 heavy (non-hydrogen) atoms. The molecule has 1 N–H and O–H groups in total. The molecular weight excluding hydrogens is 428 g/mol. The van der Waals surface area contributed by atoms with E-state index in [0.29, 0.717) is 30.8 Å². The molecule has 1 aromatic carbocycles. The molecule has 0 bridgehead atoms. The zero-order valence-electron chi connectivity index (χ0n) is 18.7. The first-order valence-corrected chi connectivity index (χ1v) is 11.4. The van der Waals surface area contributed by atoms with Crippen molar-refractivity contribution < 1.29 is 19.0 Å². The number of benzene rings is 1. The van der Waals surface area contributed by atoms with E-state index >= 15 is 0 Å². The predicted octanol–water partition coefficient (Wildman–Crippen LogP) is 4.22. The average Bonchev–Trinajstić information content (AvgIpc) is 3.38. The normalized spacial score (nSPS) is 17.7. The molecule has 8 nitrogen and oxygen atoms in total. The topological polar surface area (TPSA) is 110 Å². The minimum absolute atomic E-state index is 0.123. The van der Waals surface area contributed by atoms with E-state index in [0.717, 1.165) is 44.2 Å². The van der Waals surface area contributed by atoms with Crippen LogP contribution < -0.4 is 4.74 Å². The maximum absolute atomic E-state index is 12.3. The molecule has 2 aromatic heterocycles. The lowest BCUT2D eigenvalue weighted by molar-refractivity contribution is -0.152. The number of carbonyl (C=O) groups excluding carboxylic acids is 1. The van der Waals surface area contributed by atoms with Crippen LogP contribution in [-0.2, 0) is 32.9 Å². The minimum Gasteiger partial charge on any atom is -0.486 e. The molecule has 4 rings (SSSR count). The third-order valence-corrected chi connectivity index (χ3v) is 6.74. The van der Waals surface area contributed by atoms with Crippen LogP contribution in [0, 0.1) is 25.2 Å². The van der Waals surface area contributed by atoms with Crippen molar-refractivity contribution in [3.63, 3.8) is 0 Å². The summed E-state index contributed by atoms with van der Waals surface area (Å²) >= 11 is 1.48. The summed E-state index contributed by atoms with van der Waals surface area (Å²) in [6.07, 6.45) is 2.30. The summed E-state index contributed by atoms with van der Waals surface area (Å²) in [5, 5.41) is 20.6. The number of esters is 1. The van der Waals surface area contributed by atoms with Gasteiger partial charge in [-0.15, -0.1) is 10.2 Å². The number of aromatic nitrogens is 3. The Labute approximate surface area is 190 Å². The number of hydrogen-bond acceptors (Lipinski definition) is 8. The summed E-state index contributed by atoms with van der Waals surface area (Å²) < 4.78 is 17.2. The highest BCUT2D eigenvalue weighted by atomic mass is 32.1. The van der Waals surface area contributed by atoms with Crippen molar-refractivity contribution >= 4 is 28.2 Å². The number of carbonyl (C=O) groups is 1. The van der Waals surface area contributed by atoms with E-state index in [4.69, 9.17) is 14.2 Å². The maximum Gasteiger partial charge on any atom is 0.308 e. The highest BCUT2D eigenvalue weighted by Crippen LogP contribution is 2.45. The number of aryl methyl sites for hydroxylation is 2. The number of nitrogens with zero attached hydrogens (tertiary/aromatic N) is 3. The smallest absolute Gasteiger partial charge is 0.308 e. The SMILES string of the molecule is CCC[C@]1(CC(=O)OC)OCCc2c1[nH]c1c(C)c(OCc3nnc(C)s3)cc(C#N)c21. The number of H-pyrrole nitrogens is 1. The first-order chi connectivity index (χ1) is 15.4. The molecule has 1 aliphatic heterocycles. The standard InChI is InChI=1S/C23H26N4O4S/c1-5-7-23(10-19(28)29-4)22-16(6-8-31-23)20-15(11-24)9-17(13(2)21(20)25-22)30-12-18-27-26-14(3)32-18/h9,25H,5-8,10,12H2,1-4H3/t23-/m1/s1. The van der Waals surface area contributed by atoms with Gasteiger partial charge >= 0.3 is 5.97 Å². The van der Waals surface area contributed by atoms with Crippen LogP contribution in [0.4, 0.5) is 0 Å². The number of fused-ring (bicyclic) bond motifs is 3. The monoisotopic (exact) mass is 454 g/mol. The van der Waals surface area contributed by atoms with Crippen molar-refractivity contribution in [3.8, 4) is 11.8 Å². The molecule has 3 heterocycles. The van der Waals surface area contributed by atoms with Crippen LogP contribution in [0.3, 0.4) is 0 Å². The molecule has 9 heteroatoms. The highest BCUT2D eigenvalue weighted by molar-refractivity contribution is 7.11. The van der Waals surface area contributed by atoms with Gasteiger partial charge in [-0.1, -0.05) is 24.7 Å². The lowest BCUT2D eigenvalue weighted by Crippen LogP contribution is -2.38. The van der Waals surface area contributed by atoms with Gasteiger partial charge in [-0.05, 0) is 38.3 Å². The zero-order valence-corrected chi connectivity index (χ0v) is 19.5. The summed E-state index contributed by atoms with van der Waals surface area (Å²) in [6, 6.07) is 4.12. The van der Waals surface area contributed by atoms with E-state index in [-0.39, 0.29) is 19.0 Å². The van der Waals surface area contributed by atoms with Crippen molar-refractivity contribution in [3.05, 3.63) is 38.5 Å². The summed E-state index contributed by atoms with van der Waals surface area (Å²) in [7, 11) is 1.39. The van der Waals surface area contributed by atoms with Crippen LogP contribution in [0.1, 0.15) is 58.6 Å². The molecule has 1 atom stereocenters. The van der Waals surface area contributed by atoms with Gasteiger partial charge in [0.05, 0.1) is 43.0 Å². The second-order valence-corrected chi connectivity index (χ2v) is 9.25. The largest absolute Gasteiger partial charge is 0.486 e. The van der Waals surface area contributed by atoms with Crippen molar-refractivity contribution in [2.75, 3.05) is 13.7 Å². The number of rotatable bonds is 7. The Morgan fingerprint density at radius 1 is 1.41 bits per heavy atom. The van der Waals surface area contributed by atoms with Crippen LogP contribution in [-0.4, -0.2) is 34.9 Å². The Morgan fingerprint density at radius 3 is 2.88 bits per heavy atom. The minimum atomic E-state index is -0.793. The van der Waals surface area contributed by atoms with Gasteiger partial charge in [-0.3, -0.25) is 4.79 Å². The van der Waals surface area contributed by atoms with Gasteiger partial charge in [-0.25, -0.2) is 0 Å². The predicted molar refractivity (Wildman–Crippen MR) is 120 cm³/mol. The number of aromatic amines is 1. The quantitative estimate of drug-likeness (QED) is 0.532. The van der Waals surface area contributed by atoms with Crippen molar-refractivity contribution in [1.29, 1.82) is 5.26 Å². The lowest BCUT2D eigenvalue weighted by Gasteiger charge is -2.36. The molecule has 0 radical (unpaired) electrons. The number of methoxy groups -OCH3 is 1. The van der Waals surface area contributed by atoms with Crippen LogP contribution in [0.2, 0.25) is 0 Å². The highest BCUT2D eigenvalue weighted by Gasteiger charge is 2.42. The van der Waals surface area contributed by atoms with E-state index in [9.17, 15) is 10.1 Å². The van der Waals surface area contributed by atoms with Crippen LogP contribution in [0.15, 0.2) is 6.07 Å². The molecule has 0 saturated heterocycles. The van der Waals surface area contributed by atoms with E-state index in [1.807, 2.05) is 13.8 Å². The molecule has 0 spiro atoms. The van der Waals surface area contributed by atoms with Gasteiger partial charge in [-0.2, -0.15) is 5.26 Å². The summed E-state index contributed by atoms with van der Waals surface area (Å²) in [5.74, 6) is 0.300. The maximum atomic E-state index is 12.3. The van der Waals surface area contributed by atoms with Crippen molar-refractivity contribution in [2.45, 2.75) is 58.7 Å². The van der Waals surface area contributed by atoms with Gasteiger partial charge < -0.3 is 19.2 Å². The third kappa shape index (κ3) is 3.85. The number of nitriles is 1. The second kappa shape index (κ2) is 8.88. The Kier molecular flexibility index (Phi) is 6.17. The Hall–Kier alpha value is -2.96. The first-order valence-electron chi connectivity index (χ1n) is 10.6. The number of ether oxygens (including phenoxy) is 3. The van der Waals surface area contributed by atoms with E-state index in [1.165, 1.54) is 18.4 Å². The van der Waals surface area contributed by atoms with Gasteiger partial charge in [0, 0.05) is 10.9 Å². The molecular formula is C23H26N4O4S. The molecule has 0 amide bonds. The summed E-state index contributed by atoms with van der Waals surface area (Å²) in [5.41, 5.74) is 3.39. The third-order valence-electron chi connectivity index (χ3n) is 5.93. The Bertz CT molecular complexity index is 1210. The van der Waals surface area contributed by atoms with E-state index in [1.54, 1.807) is 6.07 Å². The zero-order chi connectivity index (χ0) is 22.9. The van der Waals surface area contributed by atoms with Crippen molar-refractivity contribution in [2.24, 2.45) is 0 Å². The molecule has 3 aromatic rings. The second-order valence-electron chi connectivity index (χ2n) is 7.99. The van der Waals surface area contributed by atoms with Gasteiger partial charge in [0.1, 0.15) is 23.0 Å². The Balaban J connectivity index is 1.82. The van der Waals surface area contributed by atoms with Crippen LogP contribution in [0.5, 0.6) is 5.75 Å². The molecule has 0 saturated carbocycles. The molecule has 1 aliphatic rings. The summed E-state index contributed by atoms with van der Waals surface area (Å²) in [4.78, 5) is 15.8. The van der Waals surface area contributed by atoms with Crippen LogP contribution >= 0.6 is 11.3 Å². The molecule has 0 fully saturated rings. The average molecular weight is 455 g/mol. The van der Waals surface area contributed by atoms with E-state index < -0.39 is 5.60 Å². The fourth-order valence-electron chi connectivity index (χ4n) is 4.52. The first kappa shape index (κ1) is 22.2. The van der Waals surface area contributed by atoms with Gasteiger partial charge in [0.15, 0.2) is 5.01 Å². The molecule has 168 valence electrons. The Morgan fingerprint density at radius 2 is 2.22 bits per heavy atom. The lowest BCUT2D eigenvalue weighted by atomic mass is 9.84. The molecule has 0 aliphatic carbocycles. The van der Waals surface area contributed by atoms with Crippen molar-refractivity contribution in [1.82, 2.24) is 15.2 Å². The van der Waals surface area contributed by atoms with E-state index in [2.05, 4.69) is 28.2 Å². The van der Waals surface area contributed by atoms with Gasteiger partial charge in [0.25, 0.3) is 0 Å². The van der Waals surface area contributed by atoms with Gasteiger partial charge in [0.2, 0.25) is 0 Å². The fourth-order valence-corrected chi connectivity index (χ4v) is 5.14. The number of nitrogens with one attached hydrogen (secondary N) is 1. The molecule has 0 unspecified atom stereocenters. The van der Waals surface area contributed by atoms with Crippen LogP contribution in [0.25, 0.3) is 10.9 Å². The summed E-state index contributed by atoms with van der Waals surface area (Å²) in [6.45, 7) is 6.69. The number of hydrogen-bond donors (Lipinski definition) is 1. The fraction of sp³-hybridized carbons (Fsp3) is 0.478.